The van der Waals surface area contributed by atoms with Crippen LogP contribution in [0.5, 0.6) is 0 Å². The molecule has 0 aliphatic carbocycles. The van der Waals surface area contributed by atoms with E-state index in [0.717, 1.165) is 17.7 Å². The van der Waals surface area contributed by atoms with Gasteiger partial charge in [-0.2, -0.15) is 11.3 Å². The van der Waals surface area contributed by atoms with Crippen LogP contribution in [0.1, 0.15) is 41.3 Å². The van der Waals surface area contributed by atoms with E-state index in [4.69, 9.17) is 0 Å². The molecule has 36 heavy (non-hydrogen) atoms. The topological polar surface area (TPSA) is 72.9 Å². The smallest absolute Gasteiger partial charge is 0.252 e. The van der Waals surface area contributed by atoms with Crippen molar-refractivity contribution in [2.24, 2.45) is 0 Å². The second-order valence-electron chi connectivity index (χ2n) is 9.83. The Bertz CT molecular complexity index is 1100. The van der Waals surface area contributed by atoms with Gasteiger partial charge in [-0.05, 0) is 42.3 Å². The summed E-state index contributed by atoms with van der Waals surface area (Å²) in [4.78, 5) is 30.4. The minimum Gasteiger partial charge on any atom is -0.390 e. The van der Waals surface area contributed by atoms with Crippen LogP contribution in [0.15, 0.2) is 77.5 Å². The highest BCUT2D eigenvalue weighted by atomic mass is 32.1. The largest absolute Gasteiger partial charge is 0.390 e. The first-order chi connectivity index (χ1) is 17.3. The maximum Gasteiger partial charge on any atom is 0.252 e. The molecule has 2 N–H and O–H groups in total. The van der Waals surface area contributed by atoms with Crippen molar-refractivity contribution in [3.05, 3.63) is 94.2 Å². The van der Waals surface area contributed by atoms with E-state index in [-0.39, 0.29) is 23.9 Å². The van der Waals surface area contributed by atoms with Gasteiger partial charge < -0.3 is 15.3 Å². The molecule has 2 aromatic carbocycles. The van der Waals surface area contributed by atoms with E-state index in [2.05, 4.69) is 17.1 Å². The average molecular weight is 506 g/mol. The molecule has 0 radical (unpaired) electrons. The van der Waals surface area contributed by atoms with Gasteiger partial charge in [0, 0.05) is 44.2 Å². The number of β-amino-alcohol motifs (C(OH)–C–C–N with tert-alkyl or cyclic N) is 1. The number of nitrogens with zero attached hydrogens (tertiary/aromatic N) is 2. The molecule has 1 unspecified atom stereocenters. The van der Waals surface area contributed by atoms with E-state index in [9.17, 15) is 14.7 Å². The number of aliphatic hydroxyl groups excluding tert-OH is 1. The Morgan fingerprint density at radius 1 is 1.08 bits per heavy atom. The van der Waals surface area contributed by atoms with E-state index in [1.54, 1.807) is 25.1 Å². The molecular formula is C29H35N3O3S. The molecule has 1 aliphatic rings. The van der Waals surface area contributed by atoms with Gasteiger partial charge in [0.2, 0.25) is 5.91 Å². The van der Waals surface area contributed by atoms with Crippen LogP contribution >= 0.6 is 11.3 Å². The number of likely N-dealkylation sites (N-methyl/N-ethyl adjacent to an activating group) is 1. The summed E-state index contributed by atoms with van der Waals surface area (Å²) in [5.74, 6) is -0.115. The van der Waals surface area contributed by atoms with Crippen LogP contribution in [0, 0.1) is 0 Å². The summed E-state index contributed by atoms with van der Waals surface area (Å²) in [5, 5.41) is 17.6. The van der Waals surface area contributed by atoms with Crippen molar-refractivity contribution in [1.29, 1.82) is 0 Å². The third kappa shape index (κ3) is 5.38. The maximum atomic E-state index is 13.9. The molecule has 0 bridgehead atoms. The number of nitrogens with one attached hydrogen (secondary N) is 1. The number of benzene rings is 2. The third-order valence-electron chi connectivity index (χ3n) is 7.24. The summed E-state index contributed by atoms with van der Waals surface area (Å²) in [6, 6.07) is 21.5. The van der Waals surface area contributed by atoms with Crippen molar-refractivity contribution >= 4 is 23.2 Å². The number of thiophene rings is 1. The number of amides is 2. The lowest BCUT2D eigenvalue weighted by molar-refractivity contribution is -0.134. The number of aliphatic hydroxyl groups is 1. The minimum absolute atomic E-state index is 0.0116. The Hall–Kier alpha value is -3.00. The molecule has 1 saturated heterocycles. The van der Waals surface area contributed by atoms with Gasteiger partial charge in [0.25, 0.3) is 5.91 Å². The number of rotatable bonds is 8. The predicted octanol–water partition coefficient (Wildman–Crippen LogP) is 3.77. The van der Waals surface area contributed by atoms with Gasteiger partial charge in [-0.1, -0.05) is 60.7 Å². The van der Waals surface area contributed by atoms with Gasteiger partial charge in [-0.15, -0.1) is 0 Å². The van der Waals surface area contributed by atoms with Crippen LogP contribution in [0.3, 0.4) is 0 Å². The zero-order valence-electron chi connectivity index (χ0n) is 21.1. The monoisotopic (exact) mass is 505 g/mol. The Labute approximate surface area is 217 Å². The Kier molecular flexibility index (Phi) is 8.24. The molecule has 0 saturated carbocycles. The molecular weight excluding hydrogens is 470 g/mol. The SMILES string of the molecule is CC(CC(C(=O)N(C)C)(c1ccccc1)c1ccccc1)N1CC[C@H](NC(=O)c2ccsc2)[C@@H](O)C1. The van der Waals surface area contributed by atoms with Crippen LogP contribution in [-0.2, 0) is 10.2 Å². The fraction of sp³-hybridized carbons (Fsp3) is 0.379. The van der Waals surface area contributed by atoms with Gasteiger partial charge in [0.05, 0.1) is 12.1 Å². The number of likely N-dealkylation sites (tertiary alicyclic amines) is 1. The first-order valence-electron chi connectivity index (χ1n) is 12.4. The summed E-state index contributed by atoms with van der Waals surface area (Å²) < 4.78 is 0. The van der Waals surface area contributed by atoms with Crippen molar-refractivity contribution in [1.82, 2.24) is 15.1 Å². The normalized spacial score (nSPS) is 19.4. The average Bonchev–Trinajstić information content (AvgIpc) is 3.44. The Morgan fingerprint density at radius 2 is 1.69 bits per heavy atom. The molecule has 3 aromatic rings. The number of hydrogen-bond acceptors (Lipinski definition) is 5. The zero-order chi connectivity index (χ0) is 25.7. The number of hydrogen-bond donors (Lipinski definition) is 2. The van der Waals surface area contributed by atoms with E-state index < -0.39 is 11.5 Å². The van der Waals surface area contributed by atoms with Crippen LogP contribution in [0.25, 0.3) is 0 Å². The zero-order valence-corrected chi connectivity index (χ0v) is 21.9. The molecule has 3 atom stereocenters. The number of carbonyl (C=O) groups is 2. The molecule has 1 fully saturated rings. The standard InChI is InChI=1S/C29H35N3O3S/c1-21(32-16-14-25(26(33)19-32)30-27(34)22-15-17-36-20-22)18-29(28(35)31(2)3,23-10-6-4-7-11-23)24-12-8-5-9-13-24/h4-13,15,17,20-21,25-26,33H,14,16,18-19H2,1-3H3,(H,30,34)/t21?,25-,26-/m0/s1. The van der Waals surface area contributed by atoms with E-state index in [0.29, 0.717) is 24.9 Å². The molecule has 1 aliphatic heterocycles. The molecule has 6 nitrogen and oxygen atoms in total. The van der Waals surface area contributed by atoms with Crippen LogP contribution in [-0.4, -0.2) is 72.1 Å². The van der Waals surface area contributed by atoms with Crippen molar-refractivity contribution in [2.75, 3.05) is 27.2 Å². The molecule has 2 heterocycles. The predicted molar refractivity (Wildman–Crippen MR) is 144 cm³/mol. The number of carbonyl (C=O) groups excluding carboxylic acids is 2. The first kappa shape index (κ1) is 26.1. The molecule has 7 heteroatoms. The van der Waals surface area contributed by atoms with E-state index in [1.165, 1.54) is 11.3 Å². The molecule has 190 valence electrons. The molecule has 0 spiro atoms. The summed E-state index contributed by atoms with van der Waals surface area (Å²) in [6.45, 7) is 3.29. The summed E-state index contributed by atoms with van der Waals surface area (Å²) >= 11 is 1.48. The second kappa shape index (κ2) is 11.4. The van der Waals surface area contributed by atoms with Gasteiger partial charge in [0.1, 0.15) is 5.41 Å². The Morgan fingerprint density at radius 3 is 2.19 bits per heavy atom. The lowest BCUT2D eigenvalue weighted by Gasteiger charge is -2.44. The molecule has 4 rings (SSSR count). The van der Waals surface area contributed by atoms with Crippen LogP contribution in [0.2, 0.25) is 0 Å². The summed E-state index contributed by atoms with van der Waals surface area (Å²) in [6.07, 6.45) is 0.528. The third-order valence-corrected chi connectivity index (χ3v) is 7.93. The van der Waals surface area contributed by atoms with Crippen molar-refractivity contribution in [3.8, 4) is 0 Å². The van der Waals surface area contributed by atoms with Gasteiger partial charge in [0.15, 0.2) is 0 Å². The van der Waals surface area contributed by atoms with E-state index >= 15 is 0 Å². The number of piperidine rings is 1. The maximum absolute atomic E-state index is 13.9. The highest BCUT2D eigenvalue weighted by molar-refractivity contribution is 7.08. The van der Waals surface area contributed by atoms with Crippen molar-refractivity contribution < 1.29 is 14.7 Å². The van der Waals surface area contributed by atoms with Crippen LogP contribution < -0.4 is 5.32 Å². The Balaban J connectivity index is 1.57. The summed E-state index contributed by atoms with van der Waals surface area (Å²) in [5.41, 5.74) is 1.68. The van der Waals surface area contributed by atoms with Gasteiger partial charge in [-0.25, -0.2) is 0 Å². The van der Waals surface area contributed by atoms with Crippen molar-refractivity contribution in [2.45, 2.75) is 43.4 Å². The van der Waals surface area contributed by atoms with E-state index in [1.807, 2.05) is 71.4 Å². The molecule has 2 amide bonds. The van der Waals surface area contributed by atoms with Gasteiger partial charge in [-0.3, -0.25) is 14.5 Å². The summed E-state index contributed by atoms with van der Waals surface area (Å²) in [7, 11) is 3.61. The van der Waals surface area contributed by atoms with Gasteiger partial charge >= 0.3 is 0 Å². The quantitative estimate of drug-likeness (QED) is 0.489. The van der Waals surface area contributed by atoms with Crippen LogP contribution in [0.4, 0.5) is 0 Å². The second-order valence-corrected chi connectivity index (χ2v) is 10.6. The lowest BCUT2D eigenvalue weighted by atomic mass is 9.69. The fourth-order valence-corrected chi connectivity index (χ4v) is 5.94. The minimum atomic E-state index is -0.861. The fourth-order valence-electron chi connectivity index (χ4n) is 5.31. The van der Waals surface area contributed by atoms with Crippen molar-refractivity contribution in [3.63, 3.8) is 0 Å². The molecule has 1 aromatic heterocycles. The highest BCUT2D eigenvalue weighted by Gasteiger charge is 2.45. The lowest BCUT2D eigenvalue weighted by Crippen LogP contribution is -2.57. The highest BCUT2D eigenvalue weighted by Crippen LogP contribution is 2.39. The first-order valence-corrected chi connectivity index (χ1v) is 13.3.